The van der Waals surface area contributed by atoms with E-state index in [1.54, 1.807) is 13.3 Å². The molecule has 0 aliphatic carbocycles. The zero-order valence-corrected chi connectivity index (χ0v) is 17.1. The molecule has 0 atom stereocenters. The molecule has 1 fully saturated rings. The standard InChI is InChI=1S/C22H24N6O2/c1-27-7-5-16(6-8-27)28-13-15(12-25-28)14-9-18(21(23)24-11-14)22-26-19-10-17(29-2)3-4-20(19)30-22/h3-4,9-13,16H,5-8H2,1-2H3,(H2,23,24). The number of nitrogen functional groups attached to an aromatic ring is 1. The van der Waals surface area contributed by atoms with E-state index in [0.717, 1.165) is 42.8 Å². The van der Waals surface area contributed by atoms with Gasteiger partial charge in [0.2, 0.25) is 5.89 Å². The molecule has 0 spiro atoms. The van der Waals surface area contributed by atoms with E-state index in [0.29, 0.717) is 34.4 Å². The second-order valence-corrected chi connectivity index (χ2v) is 7.75. The van der Waals surface area contributed by atoms with Crippen molar-refractivity contribution in [3.05, 3.63) is 42.9 Å². The molecule has 4 heterocycles. The first-order chi connectivity index (χ1) is 14.6. The number of nitrogens with two attached hydrogens (primary N) is 1. The largest absolute Gasteiger partial charge is 0.497 e. The minimum atomic E-state index is 0.375. The number of aromatic nitrogens is 4. The lowest BCUT2D eigenvalue weighted by molar-refractivity contribution is 0.212. The Morgan fingerprint density at radius 3 is 2.77 bits per heavy atom. The Morgan fingerprint density at radius 2 is 1.97 bits per heavy atom. The van der Waals surface area contributed by atoms with Gasteiger partial charge < -0.3 is 19.8 Å². The van der Waals surface area contributed by atoms with Crippen LogP contribution in [-0.4, -0.2) is 51.9 Å². The number of hydrogen-bond acceptors (Lipinski definition) is 7. The van der Waals surface area contributed by atoms with Gasteiger partial charge in [0.25, 0.3) is 0 Å². The highest BCUT2D eigenvalue weighted by Crippen LogP contribution is 2.33. The maximum atomic E-state index is 6.15. The molecular formula is C22H24N6O2. The van der Waals surface area contributed by atoms with Crippen molar-refractivity contribution in [2.24, 2.45) is 0 Å². The van der Waals surface area contributed by atoms with Crippen LogP contribution in [0.2, 0.25) is 0 Å². The van der Waals surface area contributed by atoms with Gasteiger partial charge in [-0.3, -0.25) is 4.68 Å². The van der Waals surface area contributed by atoms with Gasteiger partial charge in [-0.05, 0) is 51.2 Å². The predicted molar refractivity (Wildman–Crippen MR) is 115 cm³/mol. The lowest BCUT2D eigenvalue weighted by atomic mass is 10.1. The molecule has 0 saturated carbocycles. The van der Waals surface area contributed by atoms with Crippen LogP contribution in [-0.2, 0) is 0 Å². The van der Waals surface area contributed by atoms with Crippen molar-refractivity contribution in [2.75, 3.05) is 33.0 Å². The first-order valence-corrected chi connectivity index (χ1v) is 10.0. The Labute approximate surface area is 174 Å². The molecule has 154 valence electrons. The van der Waals surface area contributed by atoms with Crippen LogP contribution in [0.5, 0.6) is 5.75 Å². The quantitative estimate of drug-likeness (QED) is 0.555. The Bertz CT molecular complexity index is 1190. The van der Waals surface area contributed by atoms with Gasteiger partial charge in [-0.2, -0.15) is 5.10 Å². The van der Waals surface area contributed by atoms with Crippen LogP contribution in [0.15, 0.2) is 47.3 Å². The molecule has 0 unspecified atom stereocenters. The maximum absolute atomic E-state index is 6.15. The summed E-state index contributed by atoms with van der Waals surface area (Å²) in [5.41, 5.74) is 10.1. The van der Waals surface area contributed by atoms with Crippen molar-refractivity contribution in [1.82, 2.24) is 24.6 Å². The normalized spacial score (nSPS) is 15.7. The smallest absolute Gasteiger partial charge is 0.231 e. The van der Waals surface area contributed by atoms with E-state index in [4.69, 9.17) is 14.9 Å². The van der Waals surface area contributed by atoms with Crippen LogP contribution in [0.4, 0.5) is 5.82 Å². The molecule has 1 aromatic carbocycles. The molecule has 2 N–H and O–H groups in total. The molecule has 5 rings (SSSR count). The zero-order chi connectivity index (χ0) is 20.7. The molecule has 1 aliphatic rings. The lowest BCUT2D eigenvalue weighted by Gasteiger charge is -2.28. The number of oxazole rings is 1. The maximum Gasteiger partial charge on any atom is 0.231 e. The summed E-state index contributed by atoms with van der Waals surface area (Å²) < 4.78 is 13.3. The van der Waals surface area contributed by atoms with Gasteiger partial charge in [0.05, 0.1) is 24.9 Å². The lowest BCUT2D eigenvalue weighted by Crippen LogP contribution is -2.31. The molecule has 1 aliphatic heterocycles. The highest BCUT2D eigenvalue weighted by Gasteiger charge is 2.20. The van der Waals surface area contributed by atoms with Crippen molar-refractivity contribution in [1.29, 1.82) is 0 Å². The van der Waals surface area contributed by atoms with Crippen LogP contribution in [0.1, 0.15) is 18.9 Å². The number of methoxy groups -OCH3 is 1. The second kappa shape index (κ2) is 7.46. The average molecular weight is 404 g/mol. The topological polar surface area (TPSA) is 95.2 Å². The number of fused-ring (bicyclic) bond motifs is 1. The zero-order valence-electron chi connectivity index (χ0n) is 17.1. The van der Waals surface area contributed by atoms with Gasteiger partial charge in [0.1, 0.15) is 17.1 Å². The van der Waals surface area contributed by atoms with E-state index in [1.807, 2.05) is 30.5 Å². The van der Waals surface area contributed by atoms with Crippen LogP contribution in [0.3, 0.4) is 0 Å². The van der Waals surface area contributed by atoms with E-state index in [1.165, 1.54) is 0 Å². The predicted octanol–water partition coefficient (Wildman–Crippen LogP) is 3.61. The van der Waals surface area contributed by atoms with E-state index in [2.05, 4.69) is 37.9 Å². The summed E-state index contributed by atoms with van der Waals surface area (Å²) in [5.74, 6) is 1.54. The van der Waals surface area contributed by atoms with Crippen LogP contribution < -0.4 is 10.5 Å². The summed E-state index contributed by atoms with van der Waals surface area (Å²) in [6.07, 6.45) is 7.95. The Hall–Kier alpha value is -3.39. The molecule has 30 heavy (non-hydrogen) atoms. The molecule has 3 aromatic heterocycles. The van der Waals surface area contributed by atoms with Gasteiger partial charge >= 0.3 is 0 Å². The summed E-state index contributed by atoms with van der Waals surface area (Å²) in [5, 5.41) is 4.61. The van der Waals surface area contributed by atoms with Crippen molar-refractivity contribution in [2.45, 2.75) is 18.9 Å². The highest BCUT2D eigenvalue weighted by molar-refractivity contribution is 5.81. The summed E-state index contributed by atoms with van der Waals surface area (Å²) in [6, 6.07) is 7.90. The Kier molecular flexibility index (Phi) is 4.63. The summed E-state index contributed by atoms with van der Waals surface area (Å²) in [6.45, 7) is 2.19. The monoisotopic (exact) mass is 404 g/mol. The first kappa shape index (κ1) is 18.6. The number of anilines is 1. The molecule has 0 amide bonds. The molecular weight excluding hydrogens is 380 g/mol. The summed E-state index contributed by atoms with van der Waals surface area (Å²) in [4.78, 5) is 11.3. The van der Waals surface area contributed by atoms with E-state index < -0.39 is 0 Å². The minimum Gasteiger partial charge on any atom is -0.497 e. The fourth-order valence-electron chi connectivity index (χ4n) is 3.90. The second-order valence-electron chi connectivity index (χ2n) is 7.75. The fraction of sp³-hybridized carbons (Fsp3) is 0.318. The van der Waals surface area contributed by atoms with Crippen molar-refractivity contribution >= 4 is 16.9 Å². The van der Waals surface area contributed by atoms with Gasteiger partial charge in [-0.25, -0.2) is 9.97 Å². The SMILES string of the molecule is COc1ccc2oc(-c3cc(-c4cnn(C5CCN(C)CC5)c4)cnc3N)nc2c1. The number of pyridine rings is 1. The number of benzene rings is 1. The highest BCUT2D eigenvalue weighted by atomic mass is 16.5. The minimum absolute atomic E-state index is 0.375. The van der Waals surface area contributed by atoms with Crippen molar-refractivity contribution in [3.63, 3.8) is 0 Å². The third-order valence-electron chi connectivity index (χ3n) is 5.74. The van der Waals surface area contributed by atoms with E-state index >= 15 is 0 Å². The molecule has 1 saturated heterocycles. The van der Waals surface area contributed by atoms with Gasteiger partial charge in [0.15, 0.2) is 5.58 Å². The van der Waals surface area contributed by atoms with Crippen molar-refractivity contribution in [3.8, 4) is 28.3 Å². The van der Waals surface area contributed by atoms with Crippen molar-refractivity contribution < 1.29 is 9.15 Å². The number of nitrogens with zero attached hydrogens (tertiary/aromatic N) is 5. The van der Waals surface area contributed by atoms with E-state index in [9.17, 15) is 0 Å². The number of piperidine rings is 1. The molecule has 4 aromatic rings. The molecule has 8 nitrogen and oxygen atoms in total. The Morgan fingerprint density at radius 1 is 1.13 bits per heavy atom. The Balaban J connectivity index is 1.47. The third-order valence-corrected chi connectivity index (χ3v) is 5.74. The van der Waals surface area contributed by atoms with Crippen LogP contribution in [0.25, 0.3) is 33.7 Å². The summed E-state index contributed by atoms with van der Waals surface area (Å²) in [7, 11) is 3.79. The van der Waals surface area contributed by atoms with Crippen LogP contribution >= 0.6 is 0 Å². The van der Waals surface area contributed by atoms with Crippen LogP contribution in [0, 0.1) is 0 Å². The first-order valence-electron chi connectivity index (χ1n) is 10.0. The molecule has 0 bridgehead atoms. The fourth-order valence-corrected chi connectivity index (χ4v) is 3.90. The number of hydrogen-bond donors (Lipinski definition) is 1. The third kappa shape index (κ3) is 3.39. The number of likely N-dealkylation sites (tertiary alicyclic amines) is 1. The van der Waals surface area contributed by atoms with Gasteiger partial charge in [0, 0.05) is 29.6 Å². The van der Waals surface area contributed by atoms with Gasteiger partial charge in [-0.15, -0.1) is 0 Å². The number of ether oxygens (including phenoxy) is 1. The molecule has 8 heteroatoms. The van der Waals surface area contributed by atoms with Gasteiger partial charge in [-0.1, -0.05) is 0 Å². The average Bonchev–Trinajstić information content (AvgIpc) is 3.41. The summed E-state index contributed by atoms with van der Waals surface area (Å²) >= 11 is 0. The van der Waals surface area contributed by atoms with E-state index in [-0.39, 0.29) is 0 Å². The number of rotatable bonds is 4. The molecule has 0 radical (unpaired) electrons.